The van der Waals surface area contributed by atoms with Gasteiger partial charge in [0.05, 0.1) is 4.90 Å². The Labute approximate surface area is 171 Å². The molecule has 1 aromatic heterocycles. The third-order valence-corrected chi connectivity index (χ3v) is 7.49. The zero-order valence-electron chi connectivity index (χ0n) is 16.7. The van der Waals surface area contributed by atoms with Crippen LogP contribution >= 0.6 is 0 Å². The molecule has 0 radical (unpaired) electrons. The smallest absolute Gasteiger partial charge is 0.240 e. The number of aromatic nitrogens is 1. The Kier molecular flexibility index (Phi) is 5.74. The van der Waals surface area contributed by atoms with E-state index in [4.69, 9.17) is 0 Å². The van der Waals surface area contributed by atoms with Crippen molar-refractivity contribution in [2.45, 2.75) is 56.3 Å². The quantitative estimate of drug-likeness (QED) is 0.583. The van der Waals surface area contributed by atoms with Crippen molar-refractivity contribution in [3.05, 3.63) is 65.1 Å². The number of fused-ring (bicyclic) bond motifs is 1. The third-order valence-electron chi connectivity index (χ3n) is 6.02. The fourth-order valence-corrected chi connectivity index (χ4v) is 5.46. The Morgan fingerprint density at radius 2 is 1.79 bits per heavy atom. The van der Waals surface area contributed by atoms with Crippen molar-refractivity contribution in [2.24, 2.45) is 0 Å². The largest absolute Gasteiger partial charge is 0.358 e. The molecule has 4 nitrogen and oxygen atoms in total. The van der Waals surface area contributed by atoms with Gasteiger partial charge in [-0.15, -0.1) is 0 Å². The van der Waals surface area contributed by atoms with Crippen LogP contribution in [0.3, 0.4) is 0 Å². The average molecular weight is 415 g/mol. The van der Waals surface area contributed by atoms with Crippen molar-refractivity contribution in [1.82, 2.24) is 9.71 Å². The van der Waals surface area contributed by atoms with Crippen LogP contribution in [0.5, 0.6) is 0 Å². The van der Waals surface area contributed by atoms with Gasteiger partial charge in [0.15, 0.2) is 0 Å². The van der Waals surface area contributed by atoms with Gasteiger partial charge in [-0.3, -0.25) is 0 Å². The van der Waals surface area contributed by atoms with Crippen molar-refractivity contribution in [3.63, 3.8) is 0 Å². The molecule has 0 aliphatic heterocycles. The zero-order chi connectivity index (χ0) is 20.4. The molecule has 3 aromatic rings. The Morgan fingerprint density at radius 1 is 1.07 bits per heavy atom. The van der Waals surface area contributed by atoms with E-state index in [1.54, 1.807) is 18.2 Å². The first-order chi connectivity index (χ1) is 13.9. The SMILES string of the molecule is Cc1[nH]c2ccc(F)cc2c1CCNS(=O)(=O)c1ccc(C2CCCCC2)cc1. The summed E-state index contributed by atoms with van der Waals surface area (Å²) in [5, 5.41) is 0.804. The van der Waals surface area contributed by atoms with E-state index in [2.05, 4.69) is 9.71 Å². The number of H-pyrrole nitrogens is 1. The maximum atomic E-state index is 13.6. The lowest BCUT2D eigenvalue weighted by atomic mass is 9.84. The molecule has 154 valence electrons. The molecule has 29 heavy (non-hydrogen) atoms. The first kappa shape index (κ1) is 20.1. The maximum Gasteiger partial charge on any atom is 0.240 e. The summed E-state index contributed by atoms with van der Waals surface area (Å²) in [5.41, 5.74) is 3.97. The molecule has 0 bridgehead atoms. The molecule has 1 heterocycles. The minimum absolute atomic E-state index is 0.261. The van der Waals surface area contributed by atoms with Crippen molar-refractivity contribution >= 4 is 20.9 Å². The standard InChI is InChI=1S/C23H27FN2O2S/c1-16-21(22-15-19(24)9-12-23(22)26-16)13-14-25-29(27,28)20-10-7-18(8-11-20)17-5-3-2-4-6-17/h7-12,15,17,25-26H,2-6,13-14H2,1H3. The van der Waals surface area contributed by atoms with Crippen LogP contribution in [0.1, 0.15) is 54.8 Å². The fraction of sp³-hybridized carbons (Fsp3) is 0.391. The molecule has 0 spiro atoms. The summed E-state index contributed by atoms with van der Waals surface area (Å²) >= 11 is 0. The second kappa shape index (κ2) is 8.28. The highest BCUT2D eigenvalue weighted by Crippen LogP contribution is 2.33. The monoisotopic (exact) mass is 414 g/mol. The molecule has 1 aliphatic rings. The Bertz CT molecular complexity index is 1100. The lowest BCUT2D eigenvalue weighted by Gasteiger charge is -2.22. The van der Waals surface area contributed by atoms with Crippen LogP contribution in [0.4, 0.5) is 4.39 Å². The van der Waals surface area contributed by atoms with E-state index in [1.165, 1.54) is 49.8 Å². The summed E-state index contributed by atoms with van der Waals surface area (Å²) in [4.78, 5) is 3.52. The van der Waals surface area contributed by atoms with E-state index in [0.717, 1.165) is 22.2 Å². The minimum Gasteiger partial charge on any atom is -0.358 e. The number of benzene rings is 2. The van der Waals surface area contributed by atoms with Crippen molar-refractivity contribution in [3.8, 4) is 0 Å². The fourth-order valence-electron chi connectivity index (χ4n) is 4.43. The Morgan fingerprint density at radius 3 is 2.52 bits per heavy atom. The number of nitrogens with one attached hydrogen (secondary N) is 2. The maximum absolute atomic E-state index is 13.6. The predicted octanol–water partition coefficient (Wildman–Crippen LogP) is 5.18. The number of hydrogen-bond donors (Lipinski definition) is 2. The van der Waals surface area contributed by atoms with Crippen molar-refractivity contribution < 1.29 is 12.8 Å². The van der Waals surface area contributed by atoms with Gasteiger partial charge in [-0.1, -0.05) is 31.4 Å². The lowest BCUT2D eigenvalue weighted by molar-refractivity contribution is 0.443. The van der Waals surface area contributed by atoms with E-state index in [9.17, 15) is 12.8 Å². The predicted molar refractivity (Wildman–Crippen MR) is 114 cm³/mol. The molecular formula is C23H27FN2O2S. The summed E-state index contributed by atoms with van der Waals surface area (Å²) < 4.78 is 41.6. The van der Waals surface area contributed by atoms with Gasteiger partial charge in [0, 0.05) is 23.1 Å². The molecule has 1 saturated carbocycles. The molecule has 0 atom stereocenters. The first-order valence-corrected chi connectivity index (χ1v) is 11.8. The van der Waals surface area contributed by atoms with E-state index in [1.807, 2.05) is 19.1 Å². The van der Waals surface area contributed by atoms with Crippen LogP contribution in [0.2, 0.25) is 0 Å². The molecule has 0 unspecified atom stereocenters. The van der Waals surface area contributed by atoms with Gasteiger partial charge in [0.25, 0.3) is 0 Å². The van der Waals surface area contributed by atoms with E-state index >= 15 is 0 Å². The summed E-state index contributed by atoms with van der Waals surface area (Å²) in [6.45, 7) is 2.18. The summed E-state index contributed by atoms with van der Waals surface area (Å²) in [5.74, 6) is 0.259. The van der Waals surface area contributed by atoms with Crippen molar-refractivity contribution in [2.75, 3.05) is 6.54 Å². The minimum atomic E-state index is -3.57. The van der Waals surface area contributed by atoms with Crippen LogP contribution < -0.4 is 4.72 Å². The molecule has 2 N–H and O–H groups in total. The first-order valence-electron chi connectivity index (χ1n) is 10.3. The van der Waals surface area contributed by atoms with Crippen LogP contribution in [-0.4, -0.2) is 19.9 Å². The zero-order valence-corrected chi connectivity index (χ0v) is 17.5. The highest BCUT2D eigenvalue weighted by atomic mass is 32.2. The highest BCUT2D eigenvalue weighted by Gasteiger charge is 2.18. The molecule has 1 aliphatic carbocycles. The summed E-state index contributed by atoms with van der Waals surface area (Å²) in [7, 11) is -3.57. The van der Waals surface area contributed by atoms with Gasteiger partial charge in [-0.05, 0) is 73.6 Å². The second-order valence-corrected chi connectivity index (χ2v) is 9.74. The Balaban J connectivity index is 1.43. The van der Waals surface area contributed by atoms with Gasteiger partial charge in [0.1, 0.15) is 5.82 Å². The molecule has 4 rings (SSSR count). The van der Waals surface area contributed by atoms with Crippen LogP contribution in [0.25, 0.3) is 10.9 Å². The van der Waals surface area contributed by atoms with Crippen LogP contribution in [-0.2, 0) is 16.4 Å². The highest BCUT2D eigenvalue weighted by molar-refractivity contribution is 7.89. The summed E-state index contributed by atoms with van der Waals surface area (Å²) in [6.07, 6.45) is 6.68. The number of aromatic amines is 1. The third kappa shape index (κ3) is 4.38. The number of rotatable bonds is 6. The van der Waals surface area contributed by atoms with Crippen molar-refractivity contribution in [1.29, 1.82) is 0 Å². The van der Waals surface area contributed by atoms with Gasteiger partial charge < -0.3 is 4.98 Å². The molecule has 6 heteroatoms. The molecule has 0 saturated heterocycles. The molecule has 1 fully saturated rings. The van der Waals surface area contributed by atoms with E-state index in [0.29, 0.717) is 17.2 Å². The number of aryl methyl sites for hydroxylation is 1. The second-order valence-electron chi connectivity index (χ2n) is 7.97. The van der Waals surface area contributed by atoms with E-state index in [-0.39, 0.29) is 12.4 Å². The average Bonchev–Trinajstić information content (AvgIpc) is 3.03. The Hall–Kier alpha value is -2.18. The number of halogens is 1. The number of hydrogen-bond acceptors (Lipinski definition) is 2. The molecular weight excluding hydrogens is 387 g/mol. The topological polar surface area (TPSA) is 62.0 Å². The normalized spacial score (nSPS) is 15.8. The van der Waals surface area contributed by atoms with Gasteiger partial charge >= 0.3 is 0 Å². The van der Waals surface area contributed by atoms with Crippen LogP contribution in [0, 0.1) is 12.7 Å². The van der Waals surface area contributed by atoms with Gasteiger partial charge in [0.2, 0.25) is 10.0 Å². The number of sulfonamides is 1. The van der Waals surface area contributed by atoms with Gasteiger partial charge in [-0.2, -0.15) is 0 Å². The lowest BCUT2D eigenvalue weighted by Crippen LogP contribution is -2.26. The summed E-state index contributed by atoms with van der Waals surface area (Å²) in [6, 6.07) is 11.9. The van der Waals surface area contributed by atoms with Crippen LogP contribution in [0.15, 0.2) is 47.4 Å². The molecule has 2 aromatic carbocycles. The van der Waals surface area contributed by atoms with E-state index < -0.39 is 10.0 Å². The van der Waals surface area contributed by atoms with Gasteiger partial charge in [-0.25, -0.2) is 17.5 Å². The molecule has 0 amide bonds.